The van der Waals surface area contributed by atoms with Gasteiger partial charge >= 0.3 is 5.97 Å². The minimum Gasteiger partial charge on any atom is -0.475 e. The lowest BCUT2D eigenvalue weighted by atomic mass is 10.2. The number of aliphatic hydroxyl groups excluding tert-OH is 1. The average Bonchev–Trinajstić information content (AvgIpc) is 2.00. The molecule has 1 atom stereocenters. The Morgan fingerprint density at radius 3 is 2.31 bits per heavy atom. The van der Waals surface area contributed by atoms with Gasteiger partial charge in [0.05, 0.1) is 12.6 Å². The van der Waals surface area contributed by atoms with Crippen LogP contribution < -0.4 is 11.5 Å². The Morgan fingerprint density at radius 1 is 1.38 bits per heavy atom. The van der Waals surface area contributed by atoms with Gasteiger partial charge in [-0.05, 0) is 0 Å². The number of aliphatic hydroxyl groups is 1. The van der Waals surface area contributed by atoms with Crippen molar-refractivity contribution in [3.8, 4) is 0 Å². The van der Waals surface area contributed by atoms with Crippen LogP contribution in [-0.2, 0) is 9.59 Å². The topological polar surface area (TPSA) is 139 Å². The first-order valence-corrected chi connectivity index (χ1v) is 3.43. The zero-order valence-electron chi connectivity index (χ0n) is 6.80. The zero-order chi connectivity index (χ0) is 10.4. The van der Waals surface area contributed by atoms with Gasteiger partial charge in [-0.25, -0.2) is 4.79 Å². The molecule has 13 heavy (non-hydrogen) atoms. The third-order valence-electron chi connectivity index (χ3n) is 1.14. The van der Waals surface area contributed by atoms with Crippen molar-refractivity contribution in [2.45, 2.75) is 12.5 Å². The minimum atomic E-state index is -1.58. The average molecular weight is 189 g/mol. The summed E-state index contributed by atoms with van der Waals surface area (Å²) in [6, 6.07) is 0. The molecule has 0 bridgehead atoms. The number of aliphatic carboxylic acids is 1. The van der Waals surface area contributed by atoms with E-state index in [1.54, 1.807) is 0 Å². The second-order valence-corrected chi connectivity index (χ2v) is 2.35. The number of carbonyl (C=O) groups is 2. The maximum Gasteiger partial charge on any atom is 0.372 e. The number of carboxylic acids is 1. The maximum atomic E-state index is 10.5. The highest BCUT2D eigenvalue weighted by molar-refractivity contribution is 6.32. The lowest BCUT2D eigenvalue weighted by Gasteiger charge is -2.03. The summed E-state index contributed by atoms with van der Waals surface area (Å²) in [6.07, 6.45) is -1.66. The van der Waals surface area contributed by atoms with E-state index < -0.39 is 24.3 Å². The van der Waals surface area contributed by atoms with Crippen LogP contribution in [0.4, 0.5) is 0 Å². The highest BCUT2D eigenvalue weighted by atomic mass is 16.4. The summed E-state index contributed by atoms with van der Waals surface area (Å²) < 4.78 is 0. The van der Waals surface area contributed by atoms with Crippen LogP contribution in [0, 0.1) is 0 Å². The van der Waals surface area contributed by atoms with E-state index in [1.807, 2.05) is 0 Å². The Kier molecular flexibility index (Phi) is 4.45. The van der Waals surface area contributed by atoms with Gasteiger partial charge < -0.3 is 21.7 Å². The van der Waals surface area contributed by atoms with Crippen LogP contribution in [0.25, 0.3) is 0 Å². The summed E-state index contributed by atoms with van der Waals surface area (Å²) in [6.45, 7) is -0.179. The molecule has 0 rings (SSSR count). The van der Waals surface area contributed by atoms with Crippen LogP contribution >= 0.6 is 0 Å². The minimum absolute atomic E-state index is 0.179. The molecule has 7 heteroatoms. The van der Waals surface area contributed by atoms with E-state index in [0.29, 0.717) is 0 Å². The highest BCUT2D eigenvalue weighted by Gasteiger charge is 2.16. The first-order chi connectivity index (χ1) is 5.93. The van der Waals surface area contributed by atoms with E-state index in [2.05, 4.69) is 4.99 Å². The van der Waals surface area contributed by atoms with Gasteiger partial charge in [-0.1, -0.05) is 0 Å². The summed E-state index contributed by atoms with van der Waals surface area (Å²) >= 11 is 0. The molecule has 1 unspecified atom stereocenters. The van der Waals surface area contributed by atoms with Crippen molar-refractivity contribution in [1.29, 1.82) is 0 Å². The summed E-state index contributed by atoms with van der Waals surface area (Å²) in [5.41, 5.74) is 9.89. The molecule has 0 aliphatic heterocycles. The molecular formula is C6H11N3O4. The van der Waals surface area contributed by atoms with Crippen molar-refractivity contribution >= 4 is 17.7 Å². The Bertz CT molecular complexity index is 234. The number of aliphatic imine (C=N–C) groups is 1. The number of carbonyl (C=O) groups excluding carboxylic acids is 1. The standard InChI is InChI=1S/C6H11N3O4/c7-6(8)9-2-3(10)1-4(11)5(12)13/h3,10H,1-2H2,(H,12,13)(H4,7,8,9). The molecule has 0 aromatic rings. The predicted molar refractivity (Wildman–Crippen MR) is 43.9 cm³/mol. The fourth-order valence-electron chi connectivity index (χ4n) is 0.577. The van der Waals surface area contributed by atoms with Crippen molar-refractivity contribution in [2.24, 2.45) is 16.5 Å². The van der Waals surface area contributed by atoms with Crippen molar-refractivity contribution in [1.82, 2.24) is 0 Å². The smallest absolute Gasteiger partial charge is 0.372 e. The zero-order valence-corrected chi connectivity index (χ0v) is 6.80. The number of nitrogens with two attached hydrogens (primary N) is 2. The fourth-order valence-corrected chi connectivity index (χ4v) is 0.577. The van der Waals surface area contributed by atoms with Crippen LogP contribution in [0.2, 0.25) is 0 Å². The van der Waals surface area contributed by atoms with Gasteiger partial charge in [-0.2, -0.15) is 0 Å². The molecule has 0 heterocycles. The van der Waals surface area contributed by atoms with E-state index >= 15 is 0 Å². The third-order valence-corrected chi connectivity index (χ3v) is 1.14. The number of carboxylic acid groups (broad SMARTS) is 1. The summed E-state index contributed by atoms with van der Waals surface area (Å²) in [4.78, 5) is 24.0. The SMILES string of the molecule is NC(N)=NCC(O)CC(=O)C(=O)O. The summed E-state index contributed by atoms with van der Waals surface area (Å²) in [7, 11) is 0. The molecule has 6 N–H and O–H groups in total. The lowest BCUT2D eigenvalue weighted by molar-refractivity contribution is -0.150. The van der Waals surface area contributed by atoms with Crippen LogP contribution in [0.3, 0.4) is 0 Å². The maximum absolute atomic E-state index is 10.5. The van der Waals surface area contributed by atoms with E-state index in [-0.39, 0.29) is 12.5 Å². The van der Waals surface area contributed by atoms with Gasteiger partial charge in [0.25, 0.3) is 0 Å². The molecule has 0 fully saturated rings. The second-order valence-electron chi connectivity index (χ2n) is 2.35. The first kappa shape index (κ1) is 11.4. The molecule has 0 amide bonds. The normalized spacial score (nSPS) is 11.8. The predicted octanol–water partition coefficient (Wildman–Crippen LogP) is -2.34. The van der Waals surface area contributed by atoms with Gasteiger partial charge in [-0.3, -0.25) is 9.79 Å². The van der Waals surface area contributed by atoms with E-state index in [9.17, 15) is 9.59 Å². The molecule has 0 aromatic carbocycles. The molecule has 0 saturated heterocycles. The Morgan fingerprint density at radius 2 is 1.92 bits per heavy atom. The third kappa shape index (κ3) is 5.62. The number of guanidine groups is 1. The summed E-state index contributed by atoms with van der Waals surface area (Å²) in [5, 5.41) is 17.2. The largest absolute Gasteiger partial charge is 0.475 e. The number of ketones is 1. The van der Waals surface area contributed by atoms with Crippen LogP contribution in [-0.4, -0.2) is 40.6 Å². The number of nitrogens with zero attached hydrogens (tertiary/aromatic N) is 1. The van der Waals surface area contributed by atoms with Crippen molar-refractivity contribution in [3.63, 3.8) is 0 Å². The number of Topliss-reactive ketones (excluding diaryl/α,β-unsaturated/α-hetero) is 1. The molecule has 0 spiro atoms. The van der Waals surface area contributed by atoms with Gasteiger partial charge in [0.15, 0.2) is 5.96 Å². The van der Waals surface area contributed by atoms with E-state index in [0.717, 1.165) is 0 Å². The monoisotopic (exact) mass is 189 g/mol. The van der Waals surface area contributed by atoms with Gasteiger partial charge in [-0.15, -0.1) is 0 Å². The molecule has 0 radical (unpaired) electrons. The molecule has 74 valence electrons. The van der Waals surface area contributed by atoms with Crippen LogP contribution in [0.1, 0.15) is 6.42 Å². The summed E-state index contributed by atoms with van der Waals surface area (Å²) in [5.74, 6) is -2.87. The Balaban J connectivity index is 3.88. The number of hydrogen-bond donors (Lipinski definition) is 4. The number of hydrogen-bond acceptors (Lipinski definition) is 4. The molecule has 7 nitrogen and oxygen atoms in total. The quantitative estimate of drug-likeness (QED) is 0.217. The molecule has 0 aliphatic rings. The Labute approximate surface area is 74.1 Å². The molecule has 0 aromatic heterocycles. The molecule has 0 saturated carbocycles. The van der Waals surface area contributed by atoms with Crippen molar-refractivity contribution < 1.29 is 19.8 Å². The Hall–Kier alpha value is -1.63. The fraction of sp³-hybridized carbons (Fsp3) is 0.500. The van der Waals surface area contributed by atoms with Crippen molar-refractivity contribution in [3.05, 3.63) is 0 Å². The molecular weight excluding hydrogens is 178 g/mol. The van der Waals surface area contributed by atoms with Gasteiger partial charge in [0.2, 0.25) is 5.78 Å². The highest BCUT2D eigenvalue weighted by Crippen LogP contribution is 1.93. The van der Waals surface area contributed by atoms with E-state index in [4.69, 9.17) is 21.7 Å². The first-order valence-electron chi connectivity index (χ1n) is 3.43. The molecule has 0 aliphatic carbocycles. The van der Waals surface area contributed by atoms with Gasteiger partial charge in [0.1, 0.15) is 0 Å². The lowest BCUT2D eigenvalue weighted by Crippen LogP contribution is -2.27. The van der Waals surface area contributed by atoms with Crippen LogP contribution in [0.15, 0.2) is 4.99 Å². The van der Waals surface area contributed by atoms with Crippen LogP contribution in [0.5, 0.6) is 0 Å². The van der Waals surface area contributed by atoms with Gasteiger partial charge in [0, 0.05) is 6.42 Å². The van der Waals surface area contributed by atoms with Crippen molar-refractivity contribution in [2.75, 3.05) is 6.54 Å². The second kappa shape index (κ2) is 5.09. The number of rotatable bonds is 5. The van der Waals surface area contributed by atoms with E-state index in [1.165, 1.54) is 0 Å².